The van der Waals surface area contributed by atoms with Gasteiger partial charge in [-0.25, -0.2) is 18.0 Å². The van der Waals surface area contributed by atoms with Crippen molar-refractivity contribution in [2.75, 3.05) is 11.6 Å². The van der Waals surface area contributed by atoms with E-state index in [1.54, 1.807) is 0 Å². The number of hydrogen-bond acceptors (Lipinski definition) is 4. The number of carbonyl (C=O) groups is 2. The van der Waals surface area contributed by atoms with E-state index in [0.717, 1.165) is 0 Å². The molecule has 0 fully saturated rings. The van der Waals surface area contributed by atoms with Gasteiger partial charge in [-0.1, -0.05) is 11.8 Å². The summed E-state index contributed by atoms with van der Waals surface area (Å²) in [7, 11) is 0. The van der Waals surface area contributed by atoms with Crippen molar-refractivity contribution >= 4 is 46.0 Å². The maximum Gasteiger partial charge on any atom is 0.342 e. The van der Waals surface area contributed by atoms with Crippen LogP contribution in [0, 0.1) is 17.5 Å². The van der Waals surface area contributed by atoms with Crippen LogP contribution in [-0.4, -0.2) is 33.5 Å². The van der Waals surface area contributed by atoms with Crippen molar-refractivity contribution in [3.05, 3.63) is 39.3 Å². The van der Waals surface area contributed by atoms with E-state index in [2.05, 4.69) is 4.98 Å². The topological polar surface area (TPSA) is 87.2 Å². The molecule has 2 N–H and O–H groups in total. The molecule has 10 heteroatoms. The average Bonchev–Trinajstić information content (AvgIpc) is 2.51. The number of H-pyrrole nitrogens is 1. The normalized spacial score (nSPS) is 11.0. The van der Waals surface area contributed by atoms with E-state index in [9.17, 15) is 27.6 Å². The Morgan fingerprint density at radius 1 is 1.26 bits per heavy atom. The number of rotatable bonds is 5. The van der Waals surface area contributed by atoms with Gasteiger partial charge in [-0.2, -0.15) is 0 Å². The SMILES string of the molecule is O=C(CCl)CSc1[nH]c2c(F)c(F)c(F)cc2c(=O)c1C(=O)O. The fourth-order valence-electron chi connectivity index (χ4n) is 1.80. The smallest absolute Gasteiger partial charge is 0.342 e. The Balaban J connectivity index is 2.75. The van der Waals surface area contributed by atoms with Crippen molar-refractivity contribution in [2.45, 2.75) is 5.03 Å². The van der Waals surface area contributed by atoms with Crippen LogP contribution in [0.5, 0.6) is 0 Å². The quantitative estimate of drug-likeness (QED) is 0.483. The molecule has 2 aromatic rings. The molecule has 1 heterocycles. The van der Waals surface area contributed by atoms with Gasteiger partial charge in [0.1, 0.15) is 5.56 Å². The minimum Gasteiger partial charge on any atom is -0.477 e. The van der Waals surface area contributed by atoms with Crippen molar-refractivity contribution in [3.8, 4) is 0 Å². The number of fused-ring (bicyclic) bond motifs is 1. The van der Waals surface area contributed by atoms with Gasteiger partial charge in [0.25, 0.3) is 0 Å². The number of carbonyl (C=O) groups excluding carboxylic acids is 1. The third-order valence-electron chi connectivity index (χ3n) is 2.84. The molecule has 0 aliphatic rings. The highest BCUT2D eigenvalue weighted by molar-refractivity contribution is 8.00. The Bertz CT molecular complexity index is 884. The maximum absolute atomic E-state index is 13.8. The zero-order valence-electron chi connectivity index (χ0n) is 11.1. The van der Waals surface area contributed by atoms with Crippen LogP contribution in [0.3, 0.4) is 0 Å². The minimum absolute atomic E-state index is 0.281. The Kier molecular flexibility index (Phi) is 5.00. The number of ketones is 1. The highest BCUT2D eigenvalue weighted by Crippen LogP contribution is 2.25. The lowest BCUT2D eigenvalue weighted by molar-refractivity contribution is -0.114. The van der Waals surface area contributed by atoms with Gasteiger partial charge in [0.2, 0.25) is 5.43 Å². The van der Waals surface area contributed by atoms with Gasteiger partial charge < -0.3 is 10.1 Å². The lowest BCUT2D eigenvalue weighted by Gasteiger charge is -2.09. The van der Waals surface area contributed by atoms with Gasteiger partial charge >= 0.3 is 5.97 Å². The van der Waals surface area contributed by atoms with Crippen LogP contribution in [0.4, 0.5) is 13.2 Å². The van der Waals surface area contributed by atoms with E-state index >= 15 is 0 Å². The van der Waals surface area contributed by atoms with E-state index in [1.165, 1.54) is 0 Å². The largest absolute Gasteiger partial charge is 0.477 e. The maximum atomic E-state index is 13.8. The molecule has 0 saturated heterocycles. The van der Waals surface area contributed by atoms with Crippen LogP contribution in [0.15, 0.2) is 15.9 Å². The van der Waals surface area contributed by atoms with Crippen molar-refractivity contribution in [1.29, 1.82) is 0 Å². The monoisotopic (exact) mass is 365 g/mol. The van der Waals surface area contributed by atoms with Gasteiger partial charge in [0.05, 0.1) is 27.6 Å². The number of pyridine rings is 1. The summed E-state index contributed by atoms with van der Waals surface area (Å²) in [6.07, 6.45) is 0. The molecule has 122 valence electrons. The predicted octanol–water partition coefficient (Wildman–Crippen LogP) is 2.54. The zero-order valence-corrected chi connectivity index (χ0v) is 12.7. The molecule has 0 atom stereocenters. The summed E-state index contributed by atoms with van der Waals surface area (Å²) in [6.45, 7) is 0. The summed E-state index contributed by atoms with van der Waals surface area (Å²) in [4.78, 5) is 36.8. The predicted molar refractivity (Wildman–Crippen MR) is 77.9 cm³/mol. The van der Waals surface area contributed by atoms with Crippen LogP contribution in [0.1, 0.15) is 10.4 Å². The second-order valence-corrected chi connectivity index (χ2v) is 5.59. The number of halogens is 4. The fraction of sp³-hybridized carbons (Fsp3) is 0.154. The van der Waals surface area contributed by atoms with Gasteiger partial charge in [-0.3, -0.25) is 9.59 Å². The fourth-order valence-corrected chi connectivity index (χ4v) is 2.92. The van der Waals surface area contributed by atoms with Crippen molar-refractivity contribution in [1.82, 2.24) is 4.98 Å². The summed E-state index contributed by atoms with van der Waals surface area (Å²) in [5.74, 6) is -7.80. The number of carboxylic acid groups (broad SMARTS) is 1. The molecule has 0 unspecified atom stereocenters. The van der Waals surface area contributed by atoms with Crippen LogP contribution in [-0.2, 0) is 4.79 Å². The second kappa shape index (κ2) is 6.63. The third-order valence-corrected chi connectivity index (χ3v) is 4.20. The Morgan fingerprint density at radius 2 is 1.91 bits per heavy atom. The lowest BCUT2D eigenvalue weighted by Crippen LogP contribution is -2.19. The van der Waals surface area contributed by atoms with Crippen LogP contribution < -0.4 is 5.43 Å². The standard InChI is InChI=1S/C13H7ClF3NO4S/c14-2-4(19)3-23-12-7(13(21)22)11(20)5-1-6(15)8(16)9(17)10(5)18-12/h1H,2-3H2,(H,18,20)(H,21,22). The number of aromatic amines is 1. The first-order chi connectivity index (χ1) is 10.8. The number of benzene rings is 1. The lowest BCUT2D eigenvalue weighted by atomic mass is 10.1. The van der Waals surface area contributed by atoms with E-state index in [4.69, 9.17) is 16.7 Å². The molecule has 0 amide bonds. The van der Waals surface area contributed by atoms with E-state index < -0.39 is 51.1 Å². The number of Topliss-reactive ketones (excluding diaryl/α,β-unsaturated/α-hetero) is 1. The number of hydrogen-bond donors (Lipinski definition) is 2. The number of thioether (sulfide) groups is 1. The molecule has 1 aromatic heterocycles. The van der Waals surface area contributed by atoms with Crippen molar-refractivity contribution in [2.24, 2.45) is 0 Å². The number of carboxylic acids is 1. The van der Waals surface area contributed by atoms with Gasteiger partial charge in [0, 0.05) is 0 Å². The summed E-state index contributed by atoms with van der Waals surface area (Å²) in [5.41, 5.74) is -2.67. The number of aromatic nitrogens is 1. The van der Waals surface area contributed by atoms with E-state index in [0.29, 0.717) is 17.8 Å². The molecule has 0 bridgehead atoms. The Labute approximate surface area is 135 Å². The first kappa shape index (κ1) is 17.4. The van der Waals surface area contributed by atoms with E-state index in [-0.39, 0.29) is 16.7 Å². The molecule has 2 rings (SSSR count). The summed E-state index contributed by atoms with van der Waals surface area (Å²) < 4.78 is 40.3. The minimum atomic E-state index is -1.80. The number of nitrogens with one attached hydrogen (secondary N) is 1. The van der Waals surface area contributed by atoms with Crippen LogP contribution >= 0.6 is 23.4 Å². The summed E-state index contributed by atoms with van der Waals surface area (Å²) >= 11 is 5.91. The van der Waals surface area contributed by atoms with Crippen molar-refractivity contribution < 1.29 is 27.9 Å². The molecule has 0 radical (unpaired) electrons. The van der Waals surface area contributed by atoms with Crippen molar-refractivity contribution in [3.63, 3.8) is 0 Å². The molecule has 0 aliphatic heterocycles. The molecule has 0 saturated carbocycles. The summed E-state index contributed by atoms with van der Waals surface area (Å²) in [6, 6.07) is 0.414. The Morgan fingerprint density at radius 3 is 2.48 bits per heavy atom. The molecule has 0 aliphatic carbocycles. The zero-order chi connectivity index (χ0) is 17.3. The number of alkyl halides is 1. The molecule has 5 nitrogen and oxygen atoms in total. The average molecular weight is 366 g/mol. The summed E-state index contributed by atoms with van der Waals surface area (Å²) in [5, 5.41) is 8.12. The van der Waals surface area contributed by atoms with E-state index in [1.807, 2.05) is 0 Å². The number of aromatic carboxylic acids is 1. The van der Waals surface area contributed by atoms with Crippen LogP contribution in [0.2, 0.25) is 0 Å². The highest BCUT2D eigenvalue weighted by Gasteiger charge is 2.23. The molecular formula is C13H7ClF3NO4S. The van der Waals surface area contributed by atoms with Gasteiger partial charge in [-0.05, 0) is 6.07 Å². The first-order valence-electron chi connectivity index (χ1n) is 5.95. The molecule has 1 aromatic carbocycles. The molecule has 23 heavy (non-hydrogen) atoms. The van der Waals surface area contributed by atoms with Crippen LogP contribution in [0.25, 0.3) is 10.9 Å². The first-order valence-corrected chi connectivity index (χ1v) is 7.47. The van der Waals surface area contributed by atoms with Gasteiger partial charge in [-0.15, -0.1) is 11.6 Å². The highest BCUT2D eigenvalue weighted by atomic mass is 35.5. The van der Waals surface area contributed by atoms with Gasteiger partial charge in [0.15, 0.2) is 23.2 Å². The third kappa shape index (κ3) is 3.20. The molecule has 0 spiro atoms. The second-order valence-electron chi connectivity index (χ2n) is 4.33. The Hall–Kier alpha value is -2.00. The molecular weight excluding hydrogens is 359 g/mol.